The summed E-state index contributed by atoms with van der Waals surface area (Å²) in [5, 5.41) is 13.1. The molecule has 1 aliphatic heterocycles. The molecule has 0 aliphatic carbocycles. The second-order valence-electron chi connectivity index (χ2n) is 4.71. The molecule has 1 saturated heterocycles. The highest BCUT2D eigenvalue weighted by atomic mass is 16.5. The molecule has 5 nitrogen and oxygen atoms in total. The third-order valence-electron chi connectivity index (χ3n) is 3.09. The third kappa shape index (κ3) is 2.66. The molecule has 0 bridgehead atoms. The summed E-state index contributed by atoms with van der Waals surface area (Å²) < 4.78 is 4.99. The van der Waals surface area contributed by atoms with Crippen LogP contribution in [0.5, 0.6) is 0 Å². The highest BCUT2D eigenvalue weighted by molar-refractivity contribution is 5.91. The van der Waals surface area contributed by atoms with Crippen molar-refractivity contribution in [2.75, 3.05) is 6.54 Å². The van der Waals surface area contributed by atoms with Gasteiger partial charge in [0.1, 0.15) is 0 Å². The van der Waals surface area contributed by atoms with Crippen molar-refractivity contribution in [3.63, 3.8) is 0 Å². The number of hydrogen-bond donors (Lipinski definition) is 1. The van der Waals surface area contributed by atoms with Crippen LogP contribution in [-0.4, -0.2) is 39.8 Å². The standard InChI is InChI=1S/C12H18N2O3/c1-8-6-11(17-13-8)12(16)14-5-3-4-10(14)7-9(2)15/h6,9-10,15H,3-5,7H2,1-2H3. The Balaban J connectivity index is 2.08. The van der Waals surface area contributed by atoms with Crippen LogP contribution in [-0.2, 0) is 0 Å². The summed E-state index contributed by atoms with van der Waals surface area (Å²) in [5.74, 6) is 0.175. The first kappa shape index (κ1) is 12.1. The highest BCUT2D eigenvalue weighted by Gasteiger charge is 2.31. The first-order valence-corrected chi connectivity index (χ1v) is 6.00. The van der Waals surface area contributed by atoms with Gasteiger partial charge in [0.15, 0.2) is 0 Å². The Morgan fingerprint density at radius 3 is 3.12 bits per heavy atom. The van der Waals surface area contributed by atoms with Crippen LogP contribution in [0.25, 0.3) is 0 Å². The van der Waals surface area contributed by atoms with Crippen LogP contribution in [0, 0.1) is 6.92 Å². The Kier molecular flexibility index (Phi) is 3.47. The molecule has 0 radical (unpaired) electrons. The largest absolute Gasteiger partial charge is 0.393 e. The van der Waals surface area contributed by atoms with E-state index in [9.17, 15) is 9.90 Å². The lowest BCUT2D eigenvalue weighted by atomic mass is 10.1. The highest BCUT2D eigenvalue weighted by Crippen LogP contribution is 2.23. The number of hydrogen-bond acceptors (Lipinski definition) is 4. The van der Waals surface area contributed by atoms with Crippen LogP contribution in [0.4, 0.5) is 0 Å². The SMILES string of the molecule is Cc1cc(C(=O)N2CCCC2CC(C)O)on1. The maximum atomic E-state index is 12.2. The Morgan fingerprint density at radius 2 is 2.53 bits per heavy atom. The molecule has 2 unspecified atom stereocenters. The van der Waals surface area contributed by atoms with Crippen molar-refractivity contribution in [1.29, 1.82) is 0 Å². The first-order chi connectivity index (χ1) is 8.08. The van der Waals surface area contributed by atoms with Crippen molar-refractivity contribution >= 4 is 5.91 Å². The van der Waals surface area contributed by atoms with Gasteiger partial charge in [-0.1, -0.05) is 5.16 Å². The molecule has 1 aromatic heterocycles. The van der Waals surface area contributed by atoms with E-state index in [1.54, 1.807) is 24.8 Å². The van der Waals surface area contributed by atoms with Crippen molar-refractivity contribution in [3.8, 4) is 0 Å². The van der Waals surface area contributed by atoms with E-state index in [0.29, 0.717) is 17.9 Å². The minimum atomic E-state index is -0.384. The number of aryl methyl sites for hydroxylation is 1. The van der Waals surface area contributed by atoms with Gasteiger partial charge in [0.05, 0.1) is 11.8 Å². The fourth-order valence-electron chi connectivity index (χ4n) is 2.35. The zero-order valence-electron chi connectivity index (χ0n) is 10.2. The molecule has 2 atom stereocenters. The van der Waals surface area contributed by atoms with E-state index in [1.807, 2.05) is 0 Å². The fourth-order valence-corrected chi connectivity index (χ4v) is 2.35. The van der Waals surface area contributed by atoms with Crippen molar-refractivity contribution in [3.05, 3.63) is 17.5 Å². The molecule has 1 fully saturated rings. The van der Waals surface area contributed by atoms with E-state index >= 15 is 0 Å². The minimum Gasteiger partial charge on any atom is -0.393 e. The topological polar surface area (TPSA) is 66.6 Å². The Morgan fingerprint density at radius 1 is 1.76 bits per heavy atom. The van der Waals surface area contributed by atoms with Gasteiger partial charge in [0.2, 0.25) is 5.76 Å². The van der Waals surface area contributed by atoms with E-state index in [1.165, 1.54) is 0 Å². The number of amides is 1. The van der Waals surface area contributed by atoms with Crippen LogP contribution < -0.4 is 0 Å². The van der Waals surface area contributed by atoms with Gasteiger partial charge < -0.3 is 14.5 Å². The maximum Gasteiger partial charge on any atom is 0.292 e. The van der Waals surface area contributed by atoms with Crippen LogP contribution in [0.2, 0.25) is 0 Å². The smallest absolute Gasteiger partial charge is 0.292 e. The Bertz CT molecular complexity index is 400. The summed E-state index contributed by atoms with van der Waals surface area (Å²) in [4.78, 5) is 13.9. The molecule has 5 heteroatoms. The van der Waals surface area contributed by atoms with Crippen LogP contribution in [0.3, 0.4) is 0 Å². The molecular weight excluding hydrogens is 220 g/mol. The number of likely N-dealkylation sites (tertiary alicyclic amines) is 1. The number of carbonyl (C=O) groups excluding carboxylic acids is 1. The predicted octanol–water partition coefficient (Wildman–Crippen LogP) is 1.36. The van der Waals surface area contributed by atoms with Crippen molar-refractivity contribution in [2.24, 2.45) is 0 Å². The molecule has 0 saturated carbocycles. The second-order valence-corrected chi connectivity index (χ2v) is 4.71. The molecule has 2 heterocycles. The number of rotatable bonds is 3. The lowest BCUT2D eigenvalue weighted by Gasteiger charge is -2.24. The first-order valence-electron chi connectivity index (χ1n) is 6.00. The molecule has 1 aliphatic rings. The van der Waals surface area contributed by atoms with Gasteiger partial charge in [0.25, 0.3) is 5.91 Å². The normalized spacial score (nSPS) is 21.8. The average molecular weight is 238 g/mol. The average Bonchev–Trinajstić information content (AvgIpc) is 2.85. The number of aliphatic hydroxyl groups is 1. The van der Waals surface area contributed by atoms with Gasteiger partial charge in [-0.3, -0.25) is 4.79 Å². The van der Waals surface area contributed by atoms with E-state index in [-0.39, 0.29) is 18.1 Å². The Labute approximate surface area is 100 Å². The molecule has 1 aromatic rings. The quantitative estimate of drug-likeness (QED) is 0.863. The predicted molar refractivity (Wildman–Crippen MR) is 61.6 cm³/mol. The summed E-state index contributed by atoms with van der Waals surface area (Å²) in [5.41, 5.74) is 0.708. The van der Waals surface area contributed by atoms with Gasteiger partial charge >= 0.3 is 0 Å². The van der Waals surface area contributed by atoms with Crippen LogP contribution in [0.1, 0.15) is 42.4 Å². The molecule has 17 heavy (non-hydrogen) atoms. The number of nitrogens with zero attached hydrogens (tertiary/aromatic N) is 2. The zero-order chi connectivity index (χ0) is 12.4. The van der Waals surface area contributed by atoms with Gasteiger partial charge in [0, 0.05) is 18.7 Å². The summed E-state index contributed by atoms with van der Waals surface area (Å²) in [7, 11) is 0. The van der Waals surface area contributed by atoms with E-state index in [2.05, 4.69) is 5.16 Å². The lowest BCUT2D eigenvalue weighted by molar-refractivity contribution is 0.0641. The zero-order valence-corrected chi connectivity index (χ0v) is 10.2. The van der Waals surface area contributed by atoms with Gasteiger partial charge in [-0.25, -0.2) is 0 Å². The lowest BCUT2D eigenvalue weighted by Crippen LogP contribution is -2.37. The van der Waals surface area contributed by atoms with Crippen molar-refractivity contribution in [2.45, 2.75) is 45.3 Å². The number of aliphatic hydroxyl groups excluding tert-OH is 1. The van der Waals surface area contributed by atoms with E-state index < -0.39 is 0 Å². The van der Waals surface area contributed by atoms with Crippen molar-refractivity contribution < 1.29 is 14.4 Å². The molecule has 1 N–H and O–H groups in total. The summed E-state index contributed by atoms with van der Waals surface area (Å²) in [6, 6.07) is 1.77. The van der Waals surface area contributed by atoms with Gasteiger partial charge in [-0.15, -0.1) is 0 Å². The van der Waals surface area contributed by atoms with E-state index in [4.69, 9.17) is 4.52 Å². The minimum absolute atomic E-state index is 0.117. The summed E-state index contributed by atoms with van der Waals surface area (Å²) in [6.45, 7) is 4.27. The molecule has 0 aromatic carbocycles. The second kappa shape index (κ2) is 4.87. The van der Waals surface area contributed by atoms with Gasteiger partial charge in [-0.05, 0) is 33.1 Å². The number of carbonyl (C=O) groups is 1. The monoisotopic (exact) mass is 238 g/mol. The summed E-state index contributed by atoms with van der Waals surface area (Å²) in [6.07, 6.45) is 2.17. The van der Waals surface area contributed by atoms with Crippen LogP contribution in [0.15, 0.2) is 10.6 Å². The third-order valence-corrected chi connectivity index (χ3v) is 3.09. The molecule has 1 amide bonds. The number of aromatic nitrogens is 1. The summed E-state index contributed by atoms with van der Waals surface area (Å²) >= 11 is 0. The van der Waals surface area contributed by atoms with Crippen LogP contribution >= 0.6 is 0 Å². The maximum absolute atomic E-state index is 12.2. The van der Waals surface area contributed by atoms with Crippen molar-refractivity contribution in [1.82, 2.24) is 10.1 Å². The molecular formula is C12H18N2O3. The van der Waals surface area contributed by atoms with E-state index in [0.717, 1.165) is 19.4 Å². The molecule has 2 rings (SSSR count). The Hall–Kier alpha value is -1.36. The molecule has 0 spiro atoms. The van der Waals surface area contributed by atoms with Gasteiger partial charge in [-0.2, -0.15) is 0 Å². The molecule has 94 valence electrons. The fraction of sp³-hybridized carbons (Fsp3) is 0.667.